The molecule has 162 valence electrons. The van der Waals surface area contributed by atoms with E-state index in [9.17, 15) is 14.7 Å². The van der Waals surface area contributed by atoms with Gasteiger partial charge in [0, 0.05) is 28.2 Å². The van der Waals surface area contributed by atoms with Crippen molar-refractivity contribution in [3.05, 3.63) is 101 Å². The first-order valence-corrected chi connectivity index (χ1v) is 10.5. The van der Waals surface area contributed by atoms with Crippen molar-refractivity contribution in [3.8, 4) is 11.4 Å². The maximum absolute atomic E-state index is 13.3. The molecule has 0 saturated carbocycles. The van der Waals surface area contributed by atoms with Crippen LogP contribution in [0.5, 0.6) is 0 Å². The largest absolute Gasteiger partial charge is 0.480 e. The molecule has 0 aliphatic heterocycles. The van der Waals surface area contributed by atoms with Gasteiger partial charge in [0.15, 0.2) is 5.82 Å². The summed E-state index contributed by atoms with van der Waals surface area (Å²) in [4.78, 5) is 29.6. The lowest BCUT2D eigenvalue weighted by Gasteiger charge is -2.09. The Bertz CT molecular complexity index is 1580. The van der Waals surface area contributed by atoms with Gasteiger partial charge in [0.25, 0.3) is 5.56 Å². The zero-order valence-electron chi connectivity index (χ0n) is 17.8. The Morgan fingerprint density at radius 2 is 1.64 bits per heavy atom. The minimum atomic E-state index is -0.930. The summed E-state index contributed by atoms with van der Waals surface area (Å²) in [5.41, 5.74) is 2.57. The molecular formula is C26H20N4O3. The lowest BCUT2D eigenvalue weighted by molar-refractivity contribution is -0.140. The topological polar surface area (TPSA) is 89.5 Å². The summed E-state index contributed by atoms with van der Waals surface area (Å²) < 4.78 is 2.99. The molecule has 0 saturated heterocycles. The van der Waals surface area contributed by atoms with Gasteiger partial charge in [-0.3, -0.25) is 4.79 Å². The number of aromatic nitrogens is 3. The van der Waals surface area contributed by atoms with Gasteiger partial charge in [-0.25, -0.2) is 9.78 Å². The number of carboxylic acid groups (broad SMARTS) is 1. The smallest absolute Gasteiger partial charge is 0.326 e. The van der Waals surface area contributed by atoms with E-state index in [0.29, 0.717) is 22.3 Å². The molecule has 2 heterocycles. The van der Waals surface area contributed by atoms with Crippen LogP contribution in [0.2, 0.25) is 0 Å². The highest BCUT2D eigenvalue weighted by Gasteiger charge is 2.18. The normalized spacial score (nSPS) is 12.5. The first kappa shape index (κ1) is 20.4. The van der Waals surface area contributed by atoms with Crippen LogP contribution in [-0.2, 0) is 4.79 Å². The van der Waals surface area contributed by atoms with E-state index in [4.69, 9.17) is 4.98 Å². The molecule has 3 aromatic carbocycles. The summed E-state index contributed by atoms with van der Waals surface area (Å²) in [6.45, 7) is 1.63. The van der Waals surface area contributed by atoms with Crippen LogP contribution in [0.25, 0.3) is 33.2 Å². The standard InChI is InChI=1S/C26H20N4O3/c1-17(26(32)33)29-16-19(20-11-6-8-14-23(20)29)15-27-30-24(18-9-3-2-4-10-18)28-22-13-7-5-12-21(22)25(30)31/h2-17H,1H3,(H,32,33)/t17-/m0/s1. The van der Waals surface area contributed by atoms with Crippen molar-refractivity contribution < 1.29 is 9.90 Å². The molecule has 0 unspecified atom stereocenters. The SMILES string of the molecule is C[C@@H](C(=O)O)n1cc(C=Nn2c(-c3ccccc3)nc3ccccc3c2=O)c2ccccc21. The molecule has 33 heavy (non-hydrogen) atoms. The van der Waals surface area contributed by atoms with Gasteiger partial charge in [-0.1, -0.05) is 60.7 Å². The Kier molecular flexibility index (Phi) is 5.06. The minimum absolute atomic E-state index is 0.279. The number of para-hydroxylation sites is 2. The quantitative estimate of drug-likeness (QED) is 0.410. The van der Waals surface area contributed by atoms with E-state index in [1.807, 2.05) is 60.7 Å². The van der Waals surface area contributed by atoms with Gasteiger partial charge in [-0.2, -0.15) is 9.78 Å². The second-order valence-corrected chi connectivity index (χ2v) is 7.70. The highest BCUT2D eigenvalue weighted by molar-refractivity contribution is 6.00. The van der Waals surface area contributed by atoms with Crippen LogP contribution in [0.4, 0.5) is 0 Å². The van der Waals surface area contributed by atoms with Crippen molar-refractivity contribution in [2.45, 2.75) is 13.0 Å². The average molecular weight is 436 g/mol. The van der Waals surface area contributed by atoms with Crippen molar-refractivity contribution >= 4 is 34.0 Å². The fourth-order valence-electron chi connectivity index (χ4n) is 3.90. The van der Waals surface area contributed by atoms with Gasteiger partial charge in [-0.05, 0) is 25.1 Å². The van der Waals surface area contributed by atoms with Gasteiger partial charge in [-0.15, -0.1) is 0 Å². The van der Waals surface area contributed by atoms with Crippen LogP contribution in [0.1, 0.15) is 18.5 Å². The van der Waals surface area contributed by atoms with E-state index in [2.05, 4.69) is 5.10 Å². The Labute approximate surface area is 188 Å². The van der Waals surface area contributed by atoms with Crippen LogP contribution < -0.4 is 5.56 Å². The molecule has 0 radical (unpaired) electrons. The maximum atomic E-state index is 13.3. The third-order valence-electron chi connectivity index (χ3n) is 5.64. The molecule has 0 aliphatic carbocycles. The van der Waals surface area contributed by atoms with E-state index in [-0.39, 0.29) is 5.56 Å². The zero-order valence-corrected chi connectivity index (χ0v) is 17.8. The van der Waals surface area contributed by atoms with E-state index < -0.39 is 12.0 Å². The van der Waals surface area contributed by atoms with Gasteiger partial charge >= 0.3 is 5.97 Å². The monoisotopic (exact) mass is 436 g/mol. The number of fused-ring (bicyclic) bond motifs is 2. The first-order valence-electron chi connectivity index (χ1n) is 10.5. The van der Waals surface area contributed by atoms with Gasteiger partial charge in [0.2, 0.25) is 0 Å². The van der Waals surface area contributed by atoms with Crippen LogP contribution in [-0.4, -0.2) is 31.5 Å². The molecule has 5 aromatic rings. The summed E-state index contributed by atoms with van der Waals surface area (Å²) in [6, 6.07) is 23.3. The Morgan fingerprint density at radius 3 is 2.39 bits per heavy atom. The van der Waals surface area contributed by atoms with Crippen LogP contribution in [0.3, 0.4) is 0 Å². The molecule has 7 nitrogen and oxygen atoms in total. The Balaban J connectivity index is 1.71. The lowest BCUT2D eigenvalue weighted by atomic mass is 10.2. The predicted molar refractivity (Wildman–Crippen MR) is 129 cm³/mol. The third-order valence-corrected chi connectivity index (χ3v) is 5.64. The highest BCUT2D eigenvalue weighted by Crippen LogP contribution is 2.24. The molecule has 0 fully saturated rings. The number of carboxylic acids is 1. The zero-order chi connectivity index (χ0) is 22.9. The third kappa shape index (κ3) is 3.59. The van der Waals surface area contributed by atoms with Crippen molar-refractivity contribution in [2.75, 3.05) is 0 Å². The molecule has 0 spiro atoms. The number of hydrogen-bond acceptors (Lipinski definition) is 4. The van der Waals surface area contributed by atoms with Crippen LogP contribution in [0.15, 0.2) is 95.0 Å². The Morgan fingerprint density at radius 1 is 0.970 bits per heavy atom. The first-order chi connectivity index (χ1) is 16.0. The second-order valence-electron chi connectivity index (χ2n) is 7.70. The number of nitrogens with zero attached hydrogens (tertiary/aromatic N) is 4. The minimum Gasteiger partial charge on any atom is -0.480 e. The summed E-state index contributed by atoms with van der Waals surface area (Å²) in [5.74, 6) is -0.501. The summed E-state index contributed by atoms with van der Waals surface area (Å²) in [6.07, 6.45) is 3.33. The summed E-state index contributed by atoms with van der Waals surface area (Å²) in [5, 5.41) is 15.3. The molecule has 7 heteroatoms. The van der Waals surface area contributed by atoms with Gasteiger partial charge < -0.3 is 9.67 Å². The van der Waals surface area contributed by atoms with Crippen molar-refractivity contribution in [2.24, 2.45) is 5.10 Å². The van der Waals surface area contributed by atoms with Crippen LogP contribution in [0, 0.1) is 0 Å². The van der Waals surface area contributed by atoms with Crippen molar-refractivity contribution in [1.82, 2.24) is 14.2 Å². The van der Waals surface area contributed by atoms with E-state index in [0.717, 1.165) is 16.5 Å². The van der Waals surface area contributed by atoms with Crippen molar-refractivity contribution in [1.29, 1.82) is 0 Å². The van der Waals surface area contributed by atoms with Crippen LogP contribution >= 0.6 is 0 Å². The molecule has 0 aliphatic rings. The van der Waals surface area contributed by atoms with Gasteiger partial charge in [0.1, 0.15) is 6.04 Å². The van der Waals surface area contributed by atoms with Gasteiger partial charge in [0.05, 0.1) is 17.1 Å². The summed E-state index contributed by atoms with van der Waals surface area (Å²) >= 11 is 0. The predicted octanol–water partition coefficient (Wildman–Crippen LogP) is 4.55. The van der Waals surface area contributed by atoms with E-state index in [1.54, 1.807) is 42.1 Å². The molecule has 0 bridgehead atoms. The molecule has 1 atom stereocenters. The average Bonchev–Trinajstić information content (AvgIpc) is 3.22. The fraction of sp³-hybridized carbons (Fsp3) is 0.0769. The lowest BCUT2D eigenvalue weighted by Crippen LogP contribution is -2.20. The molecular weight excluding hydrogens is 416 g/mol. The maximum Gasteiger partial charge on any atom is 0.326 e. The Hall–Kier alpha value is -4.52. The highest BCUT2D eigenvalue weighted by atomic mass is 16.4. The second kappa shape index (κ2) is 8.20. The number of aliphatic carboxylic acids is 1. The number of benzene rings is 3. The summed E-state index contributed by atoms with van der Waals surface area (Å²) in [7, 11) is 0. The number of hydrogen-bond donors (Lipinski definition) is 1. The molecule has 5 rings (SSSR count). The molecule has 2 aromatic heterocycles. The van der Waals surface area contributed by atoms with E-state index >= 15 is 0 Å². The fourth-order valence-corrected chi connectivity index (χ4v) is 3.90. The number of carbonyl (C=O) groups is 1. The number of rotatable bonds is 5. The van der Waals surface area contributed by atoms with E-state index in [1.165, 1.54) is 4.68 Å². The molecule has 0 amide bonds. The van der Waals surface area contributed by atoms with Crippen molar-refractivity contribution in [3.63, 3.8) is 0 Å². The molecule has 1 N–H and O–H groups in total.